The highest BCUT2D eigenvalue weighted by atomic mass is 27.0. The fourth-order valence-electron chi connectivity index (χ4n) is 1.23. The lowest BCUT2D eigenvalue weighted by molar-refractivity contribution is -0.0467. The van der Waals surface area contributed by atoms with E-state index in [1.165, 1.54) is 6.92 Å². The van der Waals surface area contributed by atoms with Gasteiger partial charge in [-0.3, -0.25) is 0 Å². The Labute approximate surface area is 73.2 Å². The molecule has 0 radical (unpaired) electrons. The lowest BCUT2D eigenvalue weighted by Crippen LogP contribution is -2.45. The predicted octanol–water partition coefficient (Wildman–Crippen LogP) is -2.55. The van der Waals surface area contributed by atoms with Crippen molar-refractivity contribution < 1.29 is 20.1 Å². The van der Waals surface area contributed by atoms with Gasteiger partial charge in [-0.05, 0) is 6.92 Å². The van der Waals surface area contributed by atoms with Crippen molar-refractivity contribution in [3.8, 4) is 0 Å². The van der Waals surface area contributed by atoms with Gasteiger partial charge in [0.05, 0.1) is 6.61 Å². The fraction of sp³-hybridized carbons (Fsp3) is 1.00. The number of hydrogen-bond donors (Lipinski definition) is 3. The van der Waals surface area contributed by atoms with Crippen molar-refractivity contribution >= 4 is 16.3 Å². The quantitative estimate of drug-likeness (QED) is 0.385. The minimum absolute atomic E-state index is 0.240. The van der Waals surface area contributed by atoms with Crippen LogP contribution in [0.2, 0.25) is 0 Å². The molecule has 4 unspecified atom stereocenters. The summed E-state index contributed by atoms with van der Waals surface area (Å²) in [6.07, 6.45) is -1.58. The summed E-state index contributed by atoms with van der Waals surface area (Å²) in [5, 5.41) is 27.7. The molecule has 11 heavy (non-hydrogen) atoms. The first-order chi connectivity index (χ1) is 5.00. The van der Waals surface area contributed by atoms with Gasteiger partial charge in [0.2, 0.25) is 0 Å². The third-order valence-electron chi connectivity index (χ3n) is 2.33. The second kappa shape index (κ2) is 3.02. The van der Waals surface area contributed by atoms with E-state index in [1.807, 2.05) is 0 Å². The molecule has 0 aromatic heterocycles. The van der Waals surface area contributed by atoms with E-state index in [9.17, 15) is 10.2 Å². The van der Waals surface area contributed by atoms with Gasteiger partial charge in [0, 0.05) is 4.97 Å². The van der Waals surface area contributed by atoms with E-state index in [0.29, 0.717) is 16.3 Å². The molecular formula is C6H13AlO4. The highest BCUT2D eigenvalue weighted by molar-refractivity contribution is 6.12. The zero-order chi connectivity index (χ0) is 8.65. The van der Waals surface area contributed by atoms with Crippen molar-refractivity contribution in [1.82, 2.24) is 0 Å². The Bertz CT molecular complexity index is 150. The van der Waals surface area contributed by atoms with E-state index < -0.39 is 17.8 Å². The fourth-order valence-corrected chi connectivity index (χ4v) is 1.93. The zero-order valence-electron chi connectivity index (χ0n) is 6.69. The van der Waals surface area contributed by atoms with Gasteiger partial charge in [-0.1, -0.05) is 0 Å². The summed E-state index contributed by atoms with van der Waals surface area (Å²) in [5.41, 5.74) is -1.18. The lowest BCUT2D eigenvalue weighted by atomic mass is 9.99. The molecule has 0 amide bonds. The van der Waals surface area contributed by atoms with E-state index >= 15 is 0 Å². The molecule has 1 saturated heterocycles. The third-order valence-corrected chi connectivity index (χ3v) is 3.77. The van der Waals surface area contributed by atoms with Crippen LogP contribution < -0.4 is 0 Å². The Hall–Kier alpha value is 0.372. The molecule has 5 heteroatoms. The molecule has 0 aliphatic carbocycles. The topological polar surface area (TPSA) is 69.9 Å². The van der Waals surface area contributed by atoms with Gasteiger partial charge in [0.1, 0.15) is 17.8 Å². The van der Waals surface area contributed by atoms with Crippen LogP contribution in [0.1, 0.15) is 6.92 Å². The highest BCUT2D eigenvalue weighted by Crippen LogP contribution is 2.28. The molecule has 3 N–H and O–H groups in total. The first-order valence-electron chi connectivity index (χ1n) is 3.67. The summed E-state index contributed by atoms with van der Waals surface area (Å²) in [6, 6.07) is 0. The van der Waals surface area contributed by atoms with E-state index in [1.54, 1.807) is 0 Å². The van der Waals surface area contributed by atoms with Crippen LogP contribution >= 0.6 is 0 Å². The number of hydrogen-bond acceptors (Lipinski definition) is 4. The van der Waals surface area contributed by atoms with E-state index in [2.05, 4.69) is 0 Å². The first-order valence-corrected chi connectivity index (χ1v) is 4.82. The molecule has 1 fully saturated rings. The molecule has 0 bridgehead atoms. The maximum absolute atomic E-state index is 9.58. The van der Waals surface area contributed by atoms with Crippen molar-refractivity contribution in [3.05, 3.63) is 0 Å². The number of aliphatic hydroxyl groups excluding tert-OH is 2. The molecule has 0 aromatic carbocycles. The number of ether oxygens (including phenoxy) is 1. The molecule has 1 aliphatic rings. The van der Waals surface area contributed by atoms with Crippen LogP contribution in [0.3, 0.4) is 0 Å². The van der Waals surface area contributed by atoms with Gasteiger partial charge in [0.25, 0.3) is 16.3 Å². The molecule has 1 aliphatic heterocycles. The van der Waals surface area contributed by atoms with Gasteiger partial charge in [-0.15, -0.1) is 0 Å². The zero-order valence-corrected chi connectivity index (χ0v) is 8.69. The Morgan fingerprint density at radius 2 is 2.18 bits per heavy atom. The second-order valence-corrected chi connectivity index (χ2v) is 4.22. The van der Waals surface area contributed by atoms with Gasteiger partial charge < -0.3 is 20.1 Å². The summed E-state index contributed by atoms with van der Waals surface area (Å²) >= 11 is 0.649. The van der Waals surface area contributed by atoms with Crippen LogP contribution in [0, 0.1) is 0 Å². The second-order valence-electron chi connectivity index (χ2n) is 3.17. The van der Waals surface area contributed by atoms with Crippen LogP contribution in [0.25, 0.3) is 0 Å². The van der Waals surface area contributed by atoms with Crippen LogP contribution in [0.4, 0.5) is 0 Å². The molecule has 0 spiro atoms. The standard InChI is InChI=1S/C6H11O4.Al.2H/c1-6(9)3-10-4(2-7)5(6)8;;;/h3-5,7-9H,2H2,1H3;;;. The summed E-state index contributed by atoms with van der Waals surface area (Å²) in [7, 11) is 0. The third kappa shape index (κ3) is 1.45. The predicted molar refractivity (Wildman–Crippen MR) is 40.9 cm³/mol. The average molecular weight is 176 g/mol. The summed E-state index contributed by atoms with van der Waals surface area (Å²) in [5.74, 6) is 0. The molecule has 0 saturated carbocycles. The van der Waals surface area contributed by atoms with Gasteiger partial charge in [-0.2, -0.15) is 0 Å². The van der Waals surface area contributed by atoms with Gasteiger partial charge >= 0.3 is 0 Å². The lowest BCUT2D eigenvalue weighted by Gasteiger charge is -2.24. The van der Waals surface area contributed by atoms with Crippen LogP contribution in [0.15, 0.2) is 0 Å². The van der Waals surface area contributed by atoms with Gasteiger partial charge in [-0.25, -0.2) is 0 Å². The van der Waals surface area contributed by atoms with Crippen molar-refractivity contribution in [2.24, 2.45) is 0 Å². The molecule has 0 aromatic rings. The Balaban J connectivity index is 2.71. The van der Waals surface area contributed by atoms with Crippen molar-refractivity contribution in [2.75, 3.05) is 6.61 Å². The van der Waals surface area contributed by atoms with Crippen molar-refractivity contribution in [3.63, 3.8) is 0 Å². The number of aliphatic hydroxyl groups is 3. The summed E-state index contributed by atoms with van der Waals surface area (Å²) in [4.78, 5) is -0.297. The first kappa shape index (κ1) is 9.46. The van der Waals surface area contributed by atoms with Crippen LogP contribution in [0.5, 0.6) is 0 Å². The molecule has 4 nitrogen and oxygen atoms in total. The Morgan fingerprint density at radius 1 is 1.64 bits per heavy atom. The molecule has 1 rings (SSSR count). The van der Waals surface area contributed by atoms with E-state index in [0.717, 1.165) is 0 Å². The van der Waals surface area contributed by atoms with Crippen molar-refractivity contribution in [1.29, 1.82) is 0 Å². The summed E-state index contributed by atoms with van der Waals surface area (Å²) in [6.45, 7) is 1.29. The van der Waals surface area contributed by atoms with Crippen LogP contribution in [-0.4, -0.2) is 61.0 Å². The van der Waals surface area contributed by atoms with Gasteiger partial charge in [0.15, 0.2) is 0 Å². The van der Waals surface area contributed by atoms with E-state index in [-0.39, 0.29) is 11.6 Å². The minimum Gasteiger partial charge on any atom is -0.394 e. The highest BCUT2D eigenvalue weighted by Gasteiger charge is 2.48. The normalized spacial score (nSPS) is 51.5. The smallest absolute Gasteiger partial charge is 0.263 e. The number of rotatable bonds is 1. The Morgan fingerprint density at radius 3 is 2.36 bits per heavy atom. The monoisotopic (exact) mass is 176 g/mol. The Kier molecular flexibility index (Phi) is 2.60. The maximum atomic E-state index is 9.58. The molecular weight excluding hydrogens is 163 g/mol. The van der Waals surface area contributed by atoms with Crippen molar-refractivity contribution in [2.45, 2.75) is 29.7 Å². The molecule has 1 heterocycles. The maximum Gasteiger partial charge on any atom is 0.263 e. The molecule has 4 atom stereocenters. The van der Waals surface area contributed by atoms with Crippen LogP contribution in [-0.2, 0) is 4.74 Å². The average Bonchev–Trinajstić information content (AvgIpc) is 2.14. The summed E-state index contributed by atoms with van der Waals surface area (Å²) < 4.78 is 5.15. The minimum atomic E-state index is -1.18. The molecule has 64 valence electrons. The van der Waals surface area contributed by atoms with E-state index in [4.69, 9.17) is 9.84 Å². The SMILES string of the molecule is CC1(O)[CH]([AlH2])OC(CO)C1O. The largest absolute Gasteiger partial charge is 0.394 e.